The molecule has 0 spiro atoms. The van der Waals surface area contributed by atoms with Crippen molar-refractivity contribution in [2.24, 2.45) is 0 Å². The van der Waals surface area contributed by atoms with E-state index in [1.807, 2.05) is 0 Å². The van der Waals surface area contributed by atoms with Gasteiger partial charge in [-0.05, 0) is 49.3 Å². The number of hydrogen-bond donors (Lipinski definition) is 0. The van der Waals surface area contributed by atoms with Crippen molar-refractivity contribution in [3.63, 3.8) is 0 Å². The highest BCUT2D eigenvalue weighted by Crippen LogP contribution is 2.32. The summed E-state index contributed by atoms with van der Waals surface area (Å²) in [5.41, 5.74) is 6.09. The number of benzene rings is 1. The molecule has 0 aromatic heterocycles. The summed E-state index contributed by atoms with van der Waals surface area (Å²) in [6.07, 6.45) is 1.19. The lowest BCUT2D eigenvalue weighted by molar-refractivity contribution is 0.500. The molecule has 0 radical (unpaired) electrons. The number of rotatable bonds is 2. The van der Waals surface area contributed by atoms with Crippen molar-refractivity contribution in [3.05, 3.63) is 34.4 Å². The molecule has 0 unspecified atom stereocenters. The lowest BCUT2D eigenvalue weighted by Crippen LogP contribution is -2.18. The van der Waals surface area contributed by atoms with Crippen molar-refractivity contribution in [2.45, 2.75) is 53.4 Å². The van der Waals surface area contributed by atoms with E-state index >= 15 is 0 Å². The molecule has 0 saturated heterocycles. The van der Waals surface area contributed by atoms with Crippen LogP contribution in [0.2, 0.25) is 0 Å². The van der Waals surface area contributed by atoms with Crippen LogP contribution in [-0.4, -0.2) is 0 Å². The van der Waals surface area contributed by atoms with Crippen LogP contribution in [0.5, 0.6) is 0 Å². The molecule has 0 N–H and O–H groups in total. The Kier molecular flexibility index (Phi) is 3.04. The molecule has 0 heteroatoms. The average molecular weight is 190 g/mol. The highest BCUT2D eigenvalue weighted by Gasteiger charge is 2.22. The van der Waals surface area contributed by atoms with Gasteiger partial charge in [0.05, 0.1) is 0 Å². The Hall–Kier alpha value is -0.780. The molecule has 14 heavy (non-hydrogen) atoms. The topological polar surface area (TPSA) is 0 Å². The third kappa shape index (κ3) is 2.00. The van der Waals surface area contributed by atoms with Gasteiger partial charge >= 0.3 is 0 Å². The van der Waals surface area contributed by atoms with E-state index in [9.17, 15) is 0 Å². The molecule has 0 bridgehead atoms. The maximum Gasteiger partial charge on any atom is -0.0101 e. The van der Waals surface area contributed by atoms with Crippen LogP contribution in [0.1, 0.15) is 49.4 Å². The first-order chi connectivity index (χ1) is 6.38. The molecular weight excluding hydrogens is 168 g/mol. The quantitative estimate of drug-likeness (QED) is 0.652. The SMILES string of the molecule is CCC(C)(C)c1c(C)cc(C)cc1C. The summed E-state index contributed by atoms with van der Waals surface area (Å²) in [7, 11) is 0. The standard InChI is InChI=1S/C14H22/c1-7-14(5,6)13-11(3)8-10(2)9-12(13)4/h8-9H,7H2,1-6H3. The zero-order valence-corrected chi connectivity index (χ0v) is 10.4. The molecule has 1 rings (SSSR count). The molecular formula is C14H22. The summed E-state index contributed by atoms with van der Waals surface area (Å²) in [5.74, 6) is 0. The monoisotopic (exact) mass is 190 g/mol. The van der Waals surface area contributed by atoms with E-state index in [1.54, 1.807) is 0 Å². The first-order valence-electron chi connectivity index (χ1n) is 5.47. The van der Waals surface area contributed by atoms with Crippen LogP contribution in [0.25, 0.3) is 0 Å². The second kappa shape index (κ2) is 3.76. The highest BCUT2D eigenvalue weighted by molar-refractivity contribution is 5.41. The van der Waals surface area contributed by atoms with E-state index in [4.69, 9.17) is 0 Å². The summed E-state index contributed by atoms with van der Waals surface area (Å²) in [5, 5.41) is 0. The predicted octanol–water partition coefficient (Wildman–Crippen LogP) is 4.30. The Balaban J connectivity index is 3.35. The van der Waals surface area contributed by atoms with Crippen LogP contribution < -0.4 is 0 Å². The minimum Gasteiger partial charge on any atom is -0.0646 e. The second-order valence-electron chi connectivity index (χ2n) is 5.01. The molecule has 0 amide bonds. The van der Waals surface area contributed by atoms with Crippen LogP contribution in [0.15, 0.2) is 12.1 Å². The average Bonchev–Trinajstić information content (AvgIpc) is 2.01. The summed E-state index contributed by atoms with van der Waals surface area (Å²) in [6.45, 7) is 13.6. The minimum atomic E-state index is 0.307. The molecule has 1 aromatic carbocycles. The summed E-state index contributed by atoms with van der Waals surface area (Å²) in [4.78, 5) is 0. The zero-order chi connectivity index (χ0) is 10.9. The van der Waals surface area contributed by atoms with Crippen molar-refractivity contribution in [1.82, 2.24) is 0 Å². The van der Waals surface area contributed by atoms with Crippen LogP contribution in [0.3, 0.4) is 0 Å². The van der Waals surface area contributed by atoms with Gasteiger partial charge in [-0.15, -0.1) is 0 Å². The maximum absolute atomic E-state index is 2.33. The summed E-state index contributed by atoms with van der Waals surface area (Å²) < 4.78 is 0. The number of aryl methyl sites for hydroxylation is 3. The second-order valence-corrected chi connectivity index (χ2v) is 5.01. The Morgan fingerprint density at radius 3 is 1.79 bits per heavy atom. The predicted molar refractivity (Wildman–Crippen MR) is 64.0 cm³/mol. The first kappa shape index (κ1) is 11.3. The van der Waals surface area contributed by atoms with Crippen LogP contribution in [0.4, 0.5) is 0 Å². The molecule has 0 heterocycles. The van der Waals surface area contributed by atoms with Gasteiger partial charge in [0.15, 0.2) is 0 Å². The van der Waals surface area contributed by atoms with Gasteiger partial charge in [0.1, 0.15) is 0 Å². The fourth-order valence-corrected chi connectivity index (χ4v) is 2.42. The minimum absolute atomic E-state index is 0.307. The highest BCUT2D eigenvalue weighted by atomic mass is 14.3. The van der Waals surface area contributed by atoms with E-state index < -0.39 is 0 Å². The van der Waals surface area contributed by atoms with Crippen molar-refractivity contribution < 1.29 is 0 Å². The van der Waals surface area contributed by atoms with E-state index in [1.165, 1.54) is 28.7 Å². The summed E-state index contributed by atoms with van der Waals surface area (Å²) in [6, 6.07) is 4.58. The molecule has 0 aliphatic rings. The van der Waals surface area contributed by atoms with Gasteiger partial charge in [-0.1, -0.05) is 38.5 Å². The van der Waals surface area contributed by atoms with Gasteiger partial charge in [-0.3, -0.25) is 0 Å². The number of hydrogen-bond acceptors (Lipinski definition) is 0. The molecule has 1 aromatic rings. The zero-order valence-electron chi connectivity index (χ0n) is 10.4. The fraction of sp³-hybridized carbons (Fsp3) is 0.571. The van der Waals surface area contributed by atoms with Crippen molar-refractivity contribution >= 4 is 0 Å². The van der Waals surface area contributed by atoms with Gasteiger partial charge < -0.3 is 0 Å². The van der Waals surface area contributed by atoms with Crippen molar-refractivity contribution in [1.29, 1.82) is 0 Å². The van der Waals surface area contributed by atoms with Gasteiger partial charge in [0.2, 0.25) is 0 Å². The molecule has 0 nitrogen and oxygen atoms in total. The Morgan fingerprint density at radius 1 is 1.00 bits per heavy atom. The third-order valence-electron chi connectivity index (χ3n) is 3.24. The van der Waals surface area contributed by atoms with Crippen molar-refractivity contribution in [2.75, 3.05) is 0 Å². The van der Waals surface area contributed by atoms with Crippen molar-refractivity contribution in [3.8, 4) is 0 Å². The van der Waals surface area contributed by atoms with Crippen LogP contribution in [0, 0.1) is 20.8 Å². The Bertz CT molecular complexity index is 309. The van der Waals surface area contributed by atoms with Gasteiger partial charge in [0, 0.05) is 0 Å². The molecule has 0 saturated carbocycles. The molecule has 0 aliphatic heterocycles. The molecule has 0 atom stereocenters. The lowest BCUT2D eigenvalue weighted by Gasteiger charge is -2.28. The summed E-state index contributed by atoms with van der Waals surface area (Å²) >= 11 is 0. The Labute approximate surface area is 88.4 Å². The lowest BCUT2D eigenvalue weighted by atomic mass is 9.77. The largest absolute Gasteiger partial charge is 0.0646 e. The van der Waals surface area contributed by atoms with E-state index in [2.05, 4.69) is 53.7 Å². The van der Waals surface area contributed by atoms with Crippen LogP contribution >= 0.6 is 0 Å². The smallest absolute Gasteiger partial charge is 0.0101 e. The van der Waals surface area contributed by atoms with Crippen LogP contribution in [-0.2, 0) is 5.41 Å². The fourth-order valence-electron chi connectivity index (χ4n) is 2.42. The van der Waals surface area contributed by atoms with Gasteiger partial charge in [-0.25, -0.2) is 0 Å². The van der Waals surface area contributed by atoms with Gasteiger partial charge in [0.25, 0.3) is 0 Å². The molecule has 0 fully saturated rings. The molecule has 0 aliphatic carbocycles. The Morgan fingerprint density at radius 2 is 1.43 bits per heavy atom. The molecule has 78 valence electrons. The first-order valence-corrected chi connectivity index (χ1v) is 5.47. The van der Waals surface area contributed by atoms with E-state index in [0.29, 0.717) is 5.41 Å². The van der Waals surface area contributed by atoms with E-state index in [0.717, 1.165) is 0 Å². The van der Waals surface area contributed by atoms with E-state index in [-0.39, 0.29) is 0 Å². The normalized spacial score (nSPS) is 11.9. The maximum atomic E-state index is 2.33. The third-order valence-corrected chi connectivity index (χ3v) is 3.24. The van der Waals surface area contributed by atoms with Gasteiger partial charge in [-0.2, -0.15) is 0 Å².